The van der Waals surface area contributed by atoms with Crippen molar-refractivity contribution in [3.05, 3.63) is 36.5 Å². The second-order valence-corrected chi connectivity index (χ2v) is 19.2. The number of ether oxygens (including phenoxy) is 3. The van der Waals surface area contributed by atoms with E-state index < -0.39 is 6.10 Å². The second-order valence-electron chi connectivity index (χ2n) is 19.2. The van der Waals surface area contributed by atoms with Gasteiger partial charge in [0.25, 0.3) is 0 Å². The molecular weight excluding hydrogens is 805 g/mol. The number of rotatable bonds is 52. The van der Waals surface area contributed by atoms with Crippen molar-refractivity contribution in [3.63, 3.8) is 0 Å². The molecule has 0 amide bonds. The molecule has 65 heavy (non-hydrogen) atoms. The van der Waals surface area contributed by atoms with Crippen LogP contribution in [-0.4, -0.2) is 37.2 Å². The van der Waals surface area contributed by atoms with Gasteiger partial charge < -0.3 is 14.2 Å². The van der Waals surface area contributed by atoms with Crippen LogP contribution in [0.5, 0.6) is 0 Å². The van der Waals surface area contributed by atoms with Crippen LogP contribution in [0.25, 0.3) is 0 Å². The van der Waals surface area contributed by atoms with Gasteiger partial charge in [0.05, 0.1) is 0 Å². The standard InChI is InChI=1S/C59H108O6/c1-4-7-10-13-16-19-22-25-27-29-31-34-37-40-43-46-49-52-58(61)64-55-56(54-63-57(60)51-48-45-42-39-36-33-24-21-18-15-12-9-6-3)65-59(62)53-50-47-44-41-38-35-32-30-28-26-23-20-17-14-11-8-5-2/h21,24-28,56H,4-20,22-23,29-55H2,1-3H3/b24-21-,27-25-,28-26-. The van der Waals surface area contributed by atoms with Crippen molar-refractivity contribution in [2.24, 2.45) is 0 Å². The molecule has 0 heterocycles. The lowest BCUT2D eigenvalue weighted by molar-refractivity contribution is -0.167. The zero-order chi connectivity index (χ0) is 47.2. The third-order valence-corrected chi connectivity index (χ3v) is 12.6. The summed E-state index contributed by atoms with van der Waals surface area (Å²) >= 11 is 0. The predicted octanol–water partition coefficient (Wildman–Crippen LogP) is 18.9. The fourth-order valence-electron chi connectivity index (χ4n) is 8.25. The molecule has 0 aliphatic rings. The van der Waals surface area contributed by atoms with Crippen LogP contribution >= 0.6 is 0 Å². The van der Waals surface area contributed by atoms with E-state index >= 15 is 0 Å². The van der Waals surface area contributed by atoms with Gasteiger partial charge in [-0.2, -0.15) is 0 Å². The largest absolute Gasteiger partial charge is 0.462 e. The molecular formula is C59H108O6. The molecule has 1 atom stereocenters. The molecule has 0 aromatic heterocycles. The first kappa shape index (κ1) is 62.6. The summed E-state index contributed by atoms with van der Waals surface area (Å²) in [5, 5.41) is 0. The Labute approximate surface area is 404 Å². The Bertz CT molecular complexity index is 1090. The van der Waals surface area contributed by atoms with Gasteiger partial charge in [0, 0.05) is 19.3 Å². The minimum atomic E-state index is -0.777. The fraction of sp³-hybridized carbons (Fsp3) is 0.847. The Balaban J connectivity index is 4.36. The van der Waals surface area contributed by atoms with Crippen molar-refractivity contribution in [1.82, 2.24) is 0 Å². The molecule has 0 aromatic carbocycles. The Kier molecular flexibility index (Phi) is 52.3. The fourth-order valence-corrected chi connectivity index (χ4v) is 8.25. The van der Waals surface area contributed by atoms with Crippen molar-refractivity contribution >= 4 is 17.9 Å². The van der Waals surface area contributed by atoms with Gasteiger partial charge in [-0.1, -0.05) is 224 Å². The molecule has 0 aliphatic heterocycles. The summed E-state index contributed by atoms with van der Waals surface area (Å²) in [6, 6.07) is 0. The first-order valence-electron chi connectivity index (χ1n) is 28.5. The third-order valence-electron chi connectivity index (χ3n) is 12.6. The van der Waals surface area contributed by atoms with Crippen LogP contribution in [0.2, 0.25) is 0 Å². The first-order valence-corrected chi connectivity index (χ1v) is 28.5. The maximum atomic E-state index is 12.8. The average molecular weight is 914 g/mol. The Hall–Kier alpha value is -2.37. The monoisotopic (exact) mass is 913 g/mol. The van der Waals surface area contributed by atoms with Crippen LogP contribution in [0.4, 0.5) is 0 Å². The van der Waals surface area contributed by atoms with E-state index in [1.807, 2.05) is 0 Å². The van der Waals surface area contributed by atoms with Crippen molar-refractivity contribution in [2.75, 3.05) is 13.2 Å². The molecule has 6 heteroatoms. The smallest absolute Gasteiger partial charge is 0.306 e. The highest BCUT2D eigenvalue weighted by molar-refractivity contribution is 5.71. The van der Waals surface area contributed by atoms with Gasteiger partial charge in [0.1, 0.15) is 13.2 Å². The zero-order valence-corrected chi connectivity index (χ0v) is 43.5. The molecule has 0 saturated heterocycles. The lowest BCUT2D eigenvalue weighted by Gasteiger charge is -2.18. The minimum Gasteiger partial charge on any atom is -0.462 e. The maximum absolute atomic E-state index is 12.8. The first-order chi connectivity index (χ1) is 32.0. The van der Waals surface area contributed by atoms with Gasteiger partial charge in [0.15, 0.2) is 6.10 Å². The van der Waals surface area contributed by atoms with Crippen molar-refractivity contribution in [3.8, 4) is 0 Å². The molecule has 0 aromatic rings. The van der Waals surface area contributed by atoms with E-state index in [4.69, 9.17) is 14.2 Å². The number of unbranched alkanes of at least 4 members (excludes halogenated alkanes) is 35. The summed E-state index contributed by atoms with van der Waals surface area (Å²) in [5.41, 5.74) is 0. The topological polar surface area (TPSA) is 78.9 Å². The van der Waals surface area contributed by atoms with Gasteiger partial charge in [0.2, 0.25) is 0 Å². The molecule has 0 radical (unpaired) electrons. The van der Waals surface area contributed by atoms with Gasteiger partial charge in [-0.3, -0.25) is 14.4 Å². The molecule has 0 fully saturated rings. The Morgan fingerprint density at radius 2 is 0.508 bits per heavy atom. The summed E-state index contributed by atoms with van der Waals surface area (Å²) < 4.78 is 16.9. The van der Waals surface area contributed by atoms with E-state index in [2.05, 4.69) is 57.2 Å². The van der Waals surface area contributed by atoms with E-state index in [0.29, 0.717) is 19.3 Å². The molecule has 0 N–H and O–H groups in total. The number of esters is 3. The molecule has 0 aliphatic carbocycles. The van der Waals surface area contributed by atoms with Crippen molar-refractivity contribution in [1.29, 1.82) is 0 Å². The lowest BCUT2D eigenvalue weighted by atomic mass is 10.1. The normalized spacial score (nSPS) is 12.2. The van der Waals surface area contributed by atoms with Crippen LogP contribution in [-0.2, 0) is 28.6 Å². The second kappa shape index (κ2) is 54.2. The van der Waals surface area contributed by atoms with E-state index in [1.165, 1.54) is 199 Å². The van der Waals surface area contributed by atoms with Crippen molar-refractivity contribution < 1.29 is 28.6 Å². The lowest BCUT2D eigenvalue weighted by Crippen LogP contribution is -2.30. The highest BCUT2D eigenvalue weighted by atomic mass is 16.6. The maximum Gasteiger partial charge on any atom is 0.306 e. The summed E-state index contributed by atoms with van der Waals surface area (Å²) in [4.78, 5) is 38.1. The molecule has 0 bridgehead atoms. The molecule has 380 valence electrons. The summed E-state index contributed by atoms with van der Waals surface area (Å²) in [7, 11) is 0. The number of carbonyl (C=O) groups excluding carboxylic acids is 3. The third kappa shape index (κ3) is 52.5. The number of hydrogen-bond donors (Lipinski definition) is 0. The van der Waals surface area contributed by atoms with E-state index in [9.17, 15) is 14.4 Å². The van der Waals surface area contributed by atoms with Gasteiger partial charge in [-0.05, 0) is 96.3 Å². The van der Waals surface area contributed by atoms with Gasteiger partial charge in [-0.15, -0.1) is 0 Å². The molecule has 0 rings (SSSR count). The van der Waals surface area contributed by atoms with E-state index in [-0.39, 0.29) is 31.1 Å². The number of allylic oxidation sites excluding steroid dienone is 6. The zero-order valence-electron chi connectivity index (χ0n) is 43.5. The predicted molar refractivity (Wildman–Crippen MR) is 279 cm³/mol. The number of hydrogen-bond acceptors (Lipinski definition) is 6. The SMILES string of the molecule is CCCCCC/C=C\CCCCCCCC(=O)OCC(COC(=O)CCCCCCCCC/C=C\CCCCCCCC)OC(=O)CCCCCCCCC/C=C\CCCCCCCC. The van der Waals surface area contributed by atoms with Crippen LogP contribution in [0, 0.1) is 0 Å². The van der Waals surface area contributed by atoms with Crippen molar-refractivity contribution in [2.45, 2.75) is 309 Å². The quantitative estimate of drug-likeness (QED) is 0.0262. The van der Waals surface area contributed by atoms with Crippen LogP contribution < -0.4 is 0 Å². The molecule has 1 unspecified atom stereocenters. The highest BCUT2D eigenvalue weighted by Crippen LogP contribution is 2.15. The van der Waals surface area contributed by atoms with Gasteiger partial charge in [-0.25, -0.2) is 0 Å². The Morgan fingerprint density at radius 1 is 0.292 bits per heavy atom. The minimum absolute atomic E-state index is 0.0767. The average Bonchev–Trinajstić information content (AvgIpc) is 3.30. The van der Waals surface area contributed by atoms with E-state index in [1.54, 1.807) is 0 Å². The molecule has 6 nitrogen and oxygen atoms in total. The molecule has 0 saturated carbocycles. The van der Waals surface area contributed by atoms with E-state index in [0.717, 1.165) is 64.2 Å². The van der Waals surface area contributed by atoms with Gasteiger partial charge >= 0.3 is 17.9 Å². The van der Waals surface area contributed by atoms with Crippen LogP contribution in [0.15, 0.2) is 36.5 Å². The summed E-state index contributed by atoms with van der Waals surface area (Å²) in [6.07, 6.45) is 64.1. The van der Waals surface area contributed by atoms with Crippen LogP contribution in [0.3, 0.4) is 0 Å². The number of carbonyl (C=O) groups is 3. The molecule has 0 spiro atoms. The summed E-state index contributed by atoms with van der Waals surface area (Å²) in [5.74, 6) is -0.880. The summed E-state index contributed by atoms with van der Waals surface area (Å²) in [6.45, 7) is 6.63. The van der Waals surface area contributed by atoms with Crippen LogP contribution in [0.1, 0.15) is 303 Å². The Morgan fingerprint density at radius 3 is 0.785 bits per heavy atom. The highest BCUT2D eigenvalue weighted by Gasteiger charge is 2.19.